The van der Waals surface area contributed by atoms with Crippen molar-refractivity contribution in [2.45, 2.75) is 19.3 Å². The molecule has 0 aliphatic carbocycles. The molecular formula is C17H21FN4O. The second kappa shape index (κ2) is 7.37. The van der Waals surface area contributed by atoms with Crippen LogP contribution in [0.4, 0.5) is 4.39 Å². The van der Waals surface area contributed by atoms with E-state index in [1.54, 1.807) is 23.0 Å². The highest BCUT2D eigenvalue weighted by Crippen LogP contribution is 2.14. The number of carbonyl (C=O) groups is 1. The maximum atomic E-state index is 13.0. The molecule has 2 heterocycles. The molecular weight excluding hydrogens is 295 g/mol. The molecule has 1 aliphatic rings. The Labute approximate surface area is 134 Å². The molecule has 23 heavy (non-hydrogen) atoms. The zero-order valence-electron chi connectivity index (χ0n) is 13.0. The van der Waals surface area contributed by atoms with Gasteiger partial charge in [-0.3, -0.25) is 9.36 Å². The van der Waals surface area contributed by atoms with E-state index in [2.05, 4.69) is 15.6 Å². The van der Waals surface area contributed by atoms with Crippen molar-refractivity contribution in [3.05, 3.63) is 48.3 Å². The third-order valence-electron chi connectivity index (χ3n) is 4.21. The lowest BCUT2D eigenvalue weighted by molar-refractivity contribution is 0.0944. The van der Waals surface area contributed by atoms with Gasteiger partial charge in [-0.1, -0.05) is 0 Å². The molecule has 0 bridgehead atoms. The molecule has 1 amide bonds. The first-order valence-corrected chi connectivity index (χ1v) is 8.01. The smallest absolute Gasteiger partial charge is 0.269 e. The van der Waals surface area contributed by atoms with Crippen LogP contribution in [-0.4, -0.2) is 35.1 Å². The summed E-state index contributed by atoms with van der Waals surface area (Å²) in [6.07, 6.45) is 6.49. The normalized spacial score (nSPS) is 17.9. The Kier molecular flexibility index (Phi) is 5.02. The van der Waals surface area contributed by atoms with Crippen LogP contribution in [0.15, 0.2) is 36.8 Å². The average molecular weight is 316 g/mol. The monoisotopic (exact) mass is 316 g/mol. The van der Waals surface area contributed by atoms with Crippen molar-refractivity contribution in [2.24, 2.45) is 5.92 Å². The van der Waals surface area contributed by atoms with Crippen molar-refractivity contribution in [1.82, 2.24) is 20.2 Å². The van der Waals surface area contributed by atoms with Crippen molar-refractivity contribution >= 4 is 5.91 Å². The molecule has 1 unspecified atom stereocenters. The second-order valence-electron chi connectivity index (χ2n) is 5.88. The topological polar surface area (TPSA) is 59.0 Å². The summed E-state index contributed by atoms with van der Waals surface area (Å²) in [5, 5.41) is 6.33. The van der Waals surface area contributed by atoms with Gasteiger partial charge in [-0.15, -0.1) is 0 Å². The van der Waals surface area contributed by atoms with Gasteiger partial charge in [-0.2, -0.15) is 0 Å². The highest BCUT2D eigenvalue weighted by molar-refractivity contribution is 5.92. The zero-order valence-corrected chi connectivity index (χ0v) is 13.0. The van der Waals surface area contributed by atoms with Crippen molar-refractivity contribution in [1.29, 1.82) is 0 Å². The van der Waals surface area contributed by atoms with E-state index in [0.29, 0.717) is 23.8 Å². The van der Waals surface area contributed by atoms with E-state index in [0.717, 1.165) is 19.5 Å². The van der Waals surface area contributed by atoms with Gasteiger partial charge >= 0.3 is 0 Å². The molecule has 6 heteroatoms. The first kappa shape index (κ1) is 15.7. The van der Waals surface area contributed by atoms with Crippen molar-refractivity contribution < 1.29 is 9.18 Å². The third kappa shape index (κ3) is 3.96. The number of hydrogen-bond acceptors (Lipinski definition) is 3. The van der Waals surface area contributed by atoms with Crippen LogP contribution in [0, 0.1) is 11.7 Å². The predicted octanol–water partition coefficient (Wildman–Crippen LogP) is 2.13. The van der Waals surface area contributed by atoms with Crippen LogP contribution in [0.25, 0.3) is 5.69 Å². The van der Waals surface area contributed by atoms with Gasteiger partial charge in [0, 0.05) is 12.2 Å². The standard InChI is InChI=1S/C17H21FN4O/c18-14-3-5-15(6-4-14)22-12-20-11-16(22)17(23)21-9-7-13-2-1-8-19-10-13/h3-6,11-13,19H,1-2,7-10H2,(H,21,23). The molecule has 1 aromatic carbocycles. The van der Waals surface area contributed by atoms with Crippen LogP contribution in [0.5, 0.6) is 0 Å². The molecule has 2 N–H and O–H groups in total. The summed E-state index contributed by atoms with van der Waals surface area (Å²) in [6.45, 7) is 2.78. The van der Waals surface area contributed by atoms with E-state index in [1.807, 2.05) is 0 Å². The lowest BCUT2D eigenvalue weighted by atomic mass is 9.96. The summed E-state index contributed by atoms with van der Waals surface area (Å²) >= 11 is 0. The molecule has 0 radical (unpaired) electrons. The van der Waals surface area contributed by atoms with Gasteiger partial charge in [0.15, 0.2) is 0 Å². The van der Waals surface area contributed by atoms with Gasteiger partial charge in [0.1, 0.15) is 11.5 Å². The Bertz CT molecular complexity index is 647. The summed E-state index contributed by atoms with van der Waals surface area (Å²) in [4.78, 5) is 16.4. The number of aromatic nitrogens is 2. The lowest BCUT2D eigenvalue weighted by Gasteiger charge is -2.22. The van der Waals surface area contributed by atoms with Gasteiger partial charge in [0.25, 0.3) is 5.91 Å². The Balaban J connectivity index is 1.59. The number of halogens is 1. The molecule has 1 aliphatic heterocycles. The molecule has 2 aromatic rings. The number of rotatable bonds is 5. The van der Waals surface area contributed by atoms with Crippen LogP contribution in [-0.2, 0) is 0 Å². The number of amides is 1. The van der Waals surface area contributed by atoms with E-state index in [-0.39, 0.29) is 11.7 Å². The molecule has 1 fully saturated rings. The Morgan fingerprint density at radius 3 is 2.96 bits per heavy atom. The van der Waals surface area contributed by atoms with Crippen LogP contribution >= 0.6 is 0 Å². The molecule has 0 saturated carbocycles. The molecule has 1 saturated heterocycles. The number of hydrogen-bond donors (Lipinski definition) is 2. The first-order chi connectivity index (χ1) is 11.2. The maximum Gasteiger partial charge on any atom is 0.269 e. The summed E-state index contributed by atoms with van der Waals surface area (Å²) in [7, 11) is 0. The minimum absolute atomic E-state index is 0.157. The largest absolute Gasteiger partial charge is 0.351 e. The Morgan fingerprint density at radius 1 is 1.39 bits per heavy atom. The quantitative estimate of drug-likeness (QED) is 0.888. The Hall–Kier alpha value is -2.21. The van der Waals surface area contributed by atoms with E-state index >= 15 is 0 Å². The maximum absolute atomic E-state index is 13.0. The number of piperidine rings is 1. The van der Waals surface area contributed by atoms with Gasteiger partial charge in [0.05, 0.1) is 12.5 Å². The number of nitrogens with one attached hydrogen (secondary N) is 2. The van der Waals surface area contributed by atoms with E-state index in [9.17, 15) is 9.18 Å². The molecule has 5 nitrogen and oxygen atoms in total. The molecule has 3 rings (SSSR count). The molecule has 122 valence electrons. The summed E-state index contributed by atoms with van der Waals surface area (Å²) in [5.41, 5.74) is 1.17. The van der Waals surface area contributed by atoms with Gasteiger partial charge < -0.3 is 10.6 Å². The van der Waals surface area contributed by atoms with Gasteiger partial charge in [-0.05, 0) is 62.5 Å². The summed E-state index contributed by atoms with van der Waals surface area (Å²) < 4.78 is 14.7. The van der Waals surface area contributed by atoms with Crippen molar-refractivity contribution in [2.75, 3.05) is 19.6 Å². The average Bonchev–Trinajstić information content (AvgIpc) is 3.06. The Morgan fingerprint density at radius 2 is 2.22 bits per heavy atom. The van der Waals surface area contributed by atoms with E-state index in [1.165, 1.54) is 31.2 Å². The van der Waals surface area contributed by atoms with Crippen molar-refractivity contribution in [3.63, 3.8) is 0 Å². The van der Waals surface area contributed by atoms with Crippen LogP contribution in [0.2, 0.25) is 0 Å². The third-order valence-corrected chi connectivity index (χ3v) is 4.21. The fourth-order valence-electron chi connectivity index (χ4n) is 2.92. The summed E-state index contributed by atoms with van der Waals surface area (Å²) in [6, 6.07) is 5.99. The number of imidazole rings is 1. The highest BCUT2D eigenvalue weighted by atomic mass is 19.1. The lowest BCUT2D eigenvalue weighted by Crippen LogP contribution is -2.33. The van der Waals surface area contributed by atoms with Gasteiger partial charge in [0.2, 0.25) is 0 Å². The second-order valence-corrected chi connectivity index (χ2v) is 5.88. The highest BCUT2D eigenvalue weighted by Gasteiger charge is 2.15. The fraction of sp³-hybridized carbons (Fsp3) is 0.412. The van der Waals surface area contributed by atoms with E-state index in [4.69, 9.17) is 0 Å². The zero-order chi connectivity index (χ0) is 16.1. The number of nitrogens with zero attached hydrogens (tertiary/aromatic N) is 2. The SMILES string of the molecule is O=C(NCCC1CCCNC1)c1cncn1-c1ccc(F)cc1. The van der Waals surface area contributed by atoms with Crippen LogP contribution in [0.1, 0.15) is 29.8 Å². The van der Waals surface area contributed by atoms with Gasteiger partial charge in [-0.25, -0.2) is 9.37 Å². The number of carbonyl (C=O) groups excluding carboxylic acids is 1. The van der Waals surface area contributed by atoms with E-state index < -0.39 is 0 Å². The minimum Gasteiger partial charge on any atom is -0.351 e. The summed E-state index contributed by atoms with van der Waals surface area (Å²) in [5.74, 6) is 0.169. The fourth-order valence-corrected chi connectivity index (χ4v) is 2.92. The van der Waals surface area contributed by atoms with Crippen LogP contribution < -0.4 is 10.6 Å². The minimum atomic E-state index is -0.305. The first-order valence-electron chi connectivity index (χ1n) is 8.01. The number of benzene rings is 1. The molecule has 1 atom stereocenters. The predicted molar refractivity (Wildman–Crippen MR) is 86.1 cm³/mol. The molecule has 1 aromatic heterocycles. The van der Waals surface area contributed by atoms with Crippen molar-refractivity contribution in [3.8, 4) is 5.69 Å². The van der Waals surface area contributed by atoms with Crippen LogP contribution in [0.3, 0.4) is 0 Å². The molecule has 0 spiro atoms.